The summed E-state index contributed by atoms with van der Waals surface area (Å²) in [5.74, 6) is -0.182. The van der Waals surface area contributed by atoms with E-state index in [9.17, 15) is 14.0 Å². The molecule has 0 radical (unpaired) electrons. The van der Waals surface area contributed by atoms with Crippen LogP contribution in [-0.4, -0.2) is 33.0 Å². The summed E-state index contributed by atoms with van der Waals surface area (Å²) >= 11 is 0. The maximum absolute atomic E-state index is 13.5. The third-order valence-corrected chi connectivity index (χ3v) is 5.80. The molecule has 4 aromatic rings. The number of carbonyl (C=O) groups is 2. The predicted octanol–water partition coefficient (Wildman–Crippen LogP) is 3.29. The molecule has 9 nitrogen and oxygen atoms in total. The van der Waals surface area contributed by atoms with Crippen molar-refractivity contribution in [1.29, 1.82) is 0 Å². The quantitative estimate of drug-likeness (QED) is 0.396. The second-order valence-corrected chi connectivity index (χ2v) is 8.36. The first kappa shape index (κ1) is 22.3. The Bertz CT molecular complexity index is 1470. The predicted molar refractivity (Wildman–Crippen MR) is 129 cm³/mol. The molecule has 2 aromatic carbocycles. The molecular formula is C25H23FN6O3. The number of aryl methyl sites for hydroxylation is 2. The van der Waals surface area contributed by atoms with Crippen molar-refractivity contribution in [2.75, 3.05) is 17.2 Å². The highest BCUT2D eigenvalue weighted by atomic mass is 19.1. The second-order valence-electron chi connectivity index (χ2n) is 8.36. The minimum atomic E-state index is -0.349. The number of amides is 2. The lowest BCUT2D eigenvalue weighted by molar-refractivity contribution is -0.118. The van der Waals surface area contributed by atoms with Gasteiger partial charge in [-0.15, -0.1) is 0 Å². The summed E-state index contributed by atoms with van der Waals surface area (Å²) in [5.41, 5.74) is 5.08. The first-order valence-corrected chi connectivity index (χ1v) is 11.0. The van der Waals surface area contributed by atoms with Crippen LogP contribution in [0.15, 0.2) is 48.9 Å². The largest absolute Gasteiger partial charge is 0.482 e. The third kappa shape index (κ3) is 4.50. The average Bonchev–Trinajstić information content (AvgIpc) is 3.18. The van der Waals surface area contributed by atoms with E-state index in [1.165, 1.54) is 12.4 Å². The van der Waals surface area contributed by atoms with Crippen LogP contribution in [0.25, 0.3) is 11.0 Å². The molecule has 0 fully saturated rings. The van der Waals surface area contributed by atoms with Gasteiger partial charge in [-0.3, -0.25) is 9.59 Å². The molecule has 0 saturated heterocycles. The number of anilines is 2. The number of hydrogen-bond acceptors (Lipinski definition) is 6. The minimum Gasteiger partial charge on any atom is -0.482 e. The summed E-state index contributed by atoms with van der Waals surface area (Å²) in [6, 6.07) is 10.3. The van der Waals surface area contributed by atoms with Crippen molar-refractivity contribution in [3.8, 4) is 5.75 Å². The zero-order valence-corrected chi connectivity index (χ0v) is 19.2. The number of rotatable bonds is 6. The van der Waals surface area contributed by atoms with Crippen LogP contribution in [0.5, 0.6) is 5.75 Å². The Morgan fingerprint density at radius 2 is 1.97 bits per heavy atom. The zero-order chi connectivity index (χ0) is 24.5. The highest BCUT2D eigenvalue weighted by Crippen LogP contribution is 2.30. The van der Waals surface area contributed by atoms with Gasteiger partial charge in [-0.2, -0.15) is 0 Å². The number of fused-ring (bicyclic) bond motifs is 2. The van der Waals surface area contributed by atoms with Gasteiger partial charge in [0.05, 0.1) is 11.4 Å². The summed E-state index contributed by atoms with van der Waals surface area (Å²) < 4.78 is 20.7. The summed E-state index contributed by atoms with van der Waals surface area (Å²) in [7, 11) is 1.82. The molecule has 0 saturated carbocycles. The molecule has 10 heteroatoms. The van der Waals surface area contributed by atoms with Crippen molar-refractivity contribution < 1.29 is 18.7 Å². The Morgan fingerprint density at radius 1 is 1.17 bits per heavy atom. The number of carbonyl (C=O) groups excluding carboxylic acids is 2. The Kier molecular flexibility index (Phi) is 5.77. The van der Waals surface area contributed by atoms with E-state index in [1.807, 2.05) is 31.4 Å². The van der Waals surface area contributed by atoms with E-state index in [4.69, 9.17) is 4.74 Å². The maximum Gasteiger partial charge on any atom is 0.272 e. The highest BCUT2D eigenvalue weighted by molar-refractivity contribution is 6.06. The smallest absolute Gasteiger partial charge is 0.272 e. The lowest BCUT2D eigenvalue weighted by atomic mass is 10.1. The molecule has 3 N–H and O–H groups in total. The van der Waals surface area contributed by atoms with E-state index in [2.05, 4.69) is 25.9 Å². The van der Waals surface area contributed by atoms with Crippen LogP contribution in [0, 0.1) is 12.7 Å². The van der Waals surface area contributed by atoms with E-state index in [0.717, 1.165) is 16.8 Å². The van der Waals surface area contributed by atoms with Crippen molar-refractivity contribution in [1.82, 2.24) is 19.9 Å². The standard InChI is InChI=1S/C25H23FN6O3/c1-14-7-15(3-5-17(14)26)10-28-25(34)23-24-22(29-13-30-23)19(11-32(24)2)27-9-16-4-6-20-18(8-16)31-21(33)12-35-20/h3-8,11,13,27H,9-10,12H2,1-2H3,(H,28,34)(H,31,33). The molecule has 0 aliphatic carbocycles. The number of benzene rings is 2. The van der Waals surface area contributed by atoms with E-state index in [-0.39, 0.29) is 36.5 Å². The fourth-order valence-corrected chi connectivity index (χ4v) is 4.05. The zero-order valence-electron chi connectivity index (χ0n) is 19.2. The molecule has 1 aliphatic heterocycles. The monoisotopic (exact) mass is 474 g/mol. The normalized spacial score (nSPS) is 12.6. The highest BCUT2D eigenvalue weighted by Gasteiger charge is 2.19. The SMILES string of the molecule is Cc1cc(CNC(=O)c2ncnc3c(NCc4ccc5c(c4)NC(=O)CO5)cn(C)c23)ccc1F. The summed E-state index contributed by atoms with van der Waals surface area (Å²) in [5, 5.41) is 9.00. The number of halogens is 1. The Labute approximate surface area is 200 Å². The Balaban J connectivity index is 1.33. The molecule has 0 spiro atoms. The van der Waals surface area contributed by atoms with E-state index >= 15 is 0 Å². The van der Waals surface area contributed by atoms with E-state index in [0.29, 0.717) is 34.6 Å². The molecule has 35 heavy (non-hydrogen) atoms. The molecule has 0 atom stereocenters. The number of nitrogens with zero attached hydrogens (tertiary/aromatic N) is 3. The van der Waals surface area contributed by atoms with Gasteiger partial charge in [0.2, 0.25) is 0 Å². The molecule has 178 valence electrons. The van der Waals surface area contributed by atoms with Gasteiger partial charge in [0, 0.05) is 26.3 Å². The molecule has 3 heterocycles. The van der Waals surface area contributed by atoms with Crippen molar-refractivity contribution >= 4 is 34.2 Å². The lowest BCUT2D eigenvalue weighted by Crippen LogP contribution is -2.25. The van der Waals surface area contributed by atoms with Crippen LogP contribution >= 0.6 is 0 Å². The average molecular weight is 474 g/mol. The van der Waals surface area contributed by atoms with Gasteiger partial charge in [-0.1, -0.05) is 18.2 Å². The van der Waals surface area contributed by atoms with Crippen LogP contribution in [0.3, 0.4) is 0 Å². The van der Waals surface area contributed by atoms with Crippen LogP contribution in [0.1, 0.15) is 27.2 Å². The van der Waals surface area contributed by atoms with Crippen molar-refractivity contribution in [2.24, 2.45) is 7.05 Å². The Hall–Kier alpha value is -4.47. The van der Waals surface area contributed by atoms with Gasteiger partial charge in [0.25, 0.3) is 11.8 Å². The Morgan fingerprint density at radius 3 is 2.80 bits per heavy atom. The topological polar surface area (TPSA) is 110 Å². The van der Waals surface area contributed by atoms with Gasteiger partial charge >= 0.3 is 0 Å². The van der Waals surface area contributed by atoms with E-state index < -0.39 is 0 Å². The first-order chi connectivity index (χ1) is 16.9. The maximum atomic E-state index is 13.5. The van der Waals surface area contributed by atoms with Gasteiger partial charge < -0.3 is 25.3 Å². The molecule has 1 aliphatic rings. The van der Waals surface area contributed by atoms with Crippen molar-refractivity contribution in [3.05, 3.63) is 77.1 Å². The summed E-state index contributed by atoms with van der Waals surface area (Å²) in [6.07, 6.45) is 3.21. The van der Waals surface area contributed by atoms with Gasteiger partial charge in [0.15, 0.2) is 12.3 Å². The summed E-state index contributed by atoms with van der Waals surface area (Å²) in [4.78, 5) is 33.1. The van der Waals surface area contributed by atoms with Gasteiger partial charge in [-0.05, 0) is 41.8 Å². The van der Waals surface area contributed by atoms with Crippen molar-refractivity contribution in [3.63, 3.8) is 0 Å². The lowest BCUT2D eigenvalue weighted by Gasteiger charge is -2.18. The third-order valence-electron chi connectivity index (χ3n) is 5.80. The number of nitrogens with one attached hydrogen (secondary N) is 3. The number of ether oxygens (including phenoxy) is 1. The first-order valence-electron chi connectivity index (χ1n) is 11.0. The van der Waals surface area contributed by atoms with Crippen LogP contribution in [-0.2, 0) is 24.9 Å². The minimum absolute atomic E-state index is 0.0136. The molecule has 5 rings (SSSR count). The molecule has 2 amide bonds. The molecular weight excluding hydrogens is 451 g/mol. The van der Waals surface area contributed by atoms with Crippen LogP contribution in [0.4, 0.5) is 15.8 Å². The second kappa shape index (κ2) is 9.05. The molecule has 0 unspecified atom stereocenters. The molecule has 0 bridgehead atoms. The number of hydrogen-bond donors (Lipinski definition) is 3. The van der Waals surface area contributed by atoms with Crippen LogP contribution < -0.4 is 20.7 Å². The van der Waals surface area contributed by atoms with Gasteiger partial charge in [-0.25, -0.2) is 14.4 Å². The molecule has 2 aromatic heterocycles. The number of aromatic nitrogens is 3. The van der Waals surface area contributed by atoms with Gasteiger partial charge in [0.1, 0.15) is 28.9 Å². The van der Waals surface area contributed by atoms with Crippen LogP contribution in [0.2, 0.25) is 0 Å². The summed E-state index contributed by atoms with van der Waals surface area (Å²) in [6.45, 7) is 2.41. The van der Waals surface area contributed by atoms with E-state index in [1.54, 1.807) is 23.6 Å². The fraction of sp³-hybridized carbons (Fsp3) is 0.200. The fourth-order valence-electron chi connectivity index (χ4n) is 4.05. The van der Waals surface area contributed by atoms with Crippen molar-refractivity contribution in [2.45, 2.75) is 20.0 Å².